The molecule has 0 fully saturated rings. The number of nitro groups is 1. The molecule has 2 amide bonds. The highest BCUT2D eigenvalue weighted by molar-refractivity contribution is 5.87. The monoisotopic (exact) mass is 344 g/mol. The number of nitrogens with zero attached hydrogens (tertiary/aromatic N) is 1. The zero-order valence-corrected chi connectivity index (χ0v) is 13.8. The standard InChI is InChI=1S/C14H20N4O4.ClH/c1-9(2)13(15)14(20)17-8-12(19)16-7-10-5-3-4-6-11(10)18(21)22;/h3-6,9,13H,7-8,15H2,1-2H3,(H,16,19)(H,17,20);1H/t13-;/m0./s1. The fourth-order valence-corrected chi connectivity index (χ4v) is 1.68. The summed E-state index contributed by atoms with van der Waals surface area (Å²) in [6, 6.07) is 5.45. The van der Waals surface area contributed by atoms with Gasteiger partial charge < -0.3 is 16.4 Å². The number of rotatable bonds is 7. The van der Waals surface area contributed by atoms with Gasteiger partial charge in [0.15, 0.2) is 0 Å². The first-order valence-corrected chi connectivity index (χ1v) is 6.85. The fourth-order valence-electron chi connectivity index (χ4n) is 1.68. The van der Waals surface area contributed by atoms with Gasteiger partial charge in [0.2, 0.25) is 11.8 Å². The zero-order chi connectivity index (χ0) is 16.7. The summed E-state index contributed by atoms with van der Waals surface area (Å²) in [4.78, 5) is 33.6. The van der Waals surface area contributed by atoms with Gasteiger partial charge in [0, 0.05) is 18.2 Å². The van der Waals surface area contributed by atoms with E-state index >= 15 is 0 Å². The molecule has 0 aliphatic carbocycles. The van der Waals surface area contributed by atoms with Crippen molar-refractivity contribution in [3.05, 3.63) is 39.9 Å². The molecule has 1 aromatic rings. The number of nitrogens with one attached hydrogen (secondary N) is 2. The maximum Gasteiger partial charge on any atom is 0.274 e. The lowest BCUT2D eigenvalue weighted by Crippen LogP contribution is -2.47. The number of para-hydroxylation sites is 1. The highest BCUT2D eigenvalue weighted by Gasteiger charge is 2.18. The van der Waals surface area contributed by atoms with Crippen molar-refractivity contribution < 1.29 is 14.5 Å². The first-order chi connectivity index (χ1) is 10.3. The van der Waals surface area contributed by atoms with Crippen LogP contribution in [0.4, 0.5) is 5.69 Å². The molecule has 0 saturated carbocycles. The van der Waals surface area contributed by atoms with Gasteiger partial charge in [-0.1, -0.05) is 32.0 Å². The molecule has 0 bridgehead atoms. The summed E-state index contributed by atoms with van der Waals surface area (Å²) in [6.45, 7) is 3.40. The molecule has 9 heteroatoms. The first kappa shape index (κ1) is 20.8. The van der Waals surface area contributed by atoms with Gasteiger partial charge in [-0.15, -0.1) is 12.4 Å². The summed E-state index contributed by atoms with van der Waals surface area (Å²) in [5.41, 5.74) is 5.98. The second kappa shape index (κ2) is 9.75. The number of hydrogen-bond acceptors (Lipinski definition) is 5. The summed E-state index contributed by atoms with van der Waals surface area (Å²) in [5, 5.41) is 15.8. The van der Waals surface area contributed by atoms with Crippen LogP contribution in [0.3, 0.4) is 0 Å². The minimum Gasteiger partial charge on any atom is -0.350 e. The molecule has 0 unspecified atom stereocenters. The Morgan fingerprint density at radius 2 is 1.87 bits per heavy atom. The molecule has 128 valence electrons. The molecule has 0 spiro atoms. The van der Waals surface area contributed by atoms with Crippen LogP contribution in [-0.2, 0) is 16.1 Å². The average Bonchev–Trinajstić information content (AvgIpc) is 2.49. The number of nitrogens with two attached hydrogens (primary N) is 1. The third-order valence-electron chi connectivity index (χ3n) is 3.11. The van der Waals surface area contributed by atoms with Crippen LogP contribution in [0.1, 0.15) is 19.4 Å². The smallest absolute Gasteiger partial charge is 0.274 e. The Morgan fingerprint density at radius 1 is 1.26 bits per heavy atom. The fraction of sp³-hybridized carbons (Fsp3) is 0.429. The van der Waals surface area contributed by atoms with E-state index in [-0.39, 0.29) is 37.1 Å². The van der Waals surface area contributed by atoms with Gasteiger partial charge in [-0.3, -0.25) is 19.7 Å². The van der Waals surface area contributed by atoms with Gasteiger partial charge in [-0.05, 0) is 5.92 Å². The highest BCUT2D eigenvalue weighted by atomic mass is 35.5. The Morgan fingerprint density at radius 3 is 2.43 bits per heavy atom. The lowest BCUT2D eigenvalue weighted by atomic mass is 10.1. The molecule has 0 aliphatic rings. The van der Waals surface area contributed by atoms with Gasteiger partial charge in [0.05, 0.1) is 17.5 Å². The number of amides is 2. The van der Waals surface area contributed by atoms with Crippen molar-refractivity contribution in [1.82, 2.24) is 10.6 Å². The molecular formula is C14H21ClN4O4. The third kappa shape index (κ3) is 6.62. The maximum absolute atomic E-state index is 11.7. The van der Waals surface area contributed by atoms with Crippen molar-refractivity contribution in [3.8, 4) is 0 Å². The molecule has 0 saturated heterocycles. The Labute approximate surface area is 140 Å². The molecule has 0 aromatic heterocycles. The molecular weight excluding hydrogens is 324 g/mol. The van der Waals surface area contributed by atoms with Crippen molar-refractivity contribution in [2.75, 3.05) is 6.54 Å². The van der Waals surface area contributed by atoms with E-state index in [1.54, 1.807) is 32.0 Å². The predicted octanol–water partition coefficient (Wildman–Crippen LogP) is 0.732. The number of nitro benzene ring substituents is 1. The number of carbonyl (C=O) groups excluding carboxylic acids is 2. The van der Waals surface area contributed by atoms with Gasteiger partial charge >= 0.3 is 0 Å². The maximum atomic E-state index is 11.7. The molecule has 8 nitrogen and oxygen atoms in total. The van der Waals surface area contributed by atoms with E-state index in [4.69, 9.17) is 5.73 Å². The topological polar surface area (TPSA) is 127 Å². The quantitative estimate of drug-likeness (QED) is 0.496. The summed E-state index contributed by atoms with van der Waals surface area (Å²) < 4.78 is 0. The van der Waals surface area contributed by atoms with E-state index in [1.807, 2.05) is 0 Å². The number of halogens is 1. The van der Waals surface area contributed by atoms with E-state index in [0.717, 1.165) is 0 Å². The second-order valence-electron chi connectivity index (χ2n) is 5.15. The minimum atomic E-state index is -0.678. The van der Waals surface area contributed by atoms with Crippen molar-refractivity contribution in [1.29, 1.82) is 0 Å². The summed E-state index contributed by atoms with van der Waals surface area (Å²) in [7, 11) is 0. The van der Waals surface area contributed by atoms with Crippen molar-refractivity contribution >= 4 is 29.9 Å². The molecule has 1 aromatic carbocycles. The van der Waals surface area contributed by atoms with Crippen LogP contribution in [0.5, 0.6) is 0 Å². The van der Waals surface area contributed by atoms with Gasteiger partial charge in [-0.2, -0.15) is 0 Å². The van der Waals surface area contributed by atoms with E-state index in [1.165, 1.54) is 6.07 Å². The number of carbonyl (C=O) groups is 2. The van der Waals surface area contributed by atoms with Crippen LogP contribution < -0.4 is 16.4 Å². The number of hydrogen-bond donors (Lipinski definition) is 3. The molecule has 1 rings (SSSR count). The predicted molar refractivity (Wildman–Crippen MR) is 88.0 cm³/mol. The van der Waals surface area contributed by atoms with Crippen LogP contribution in [0.25, 0.3) is 0 Å². The summed E-state index contributed by atoms with van der Waals surface area (Å²) in [6.07, 6.45) is 0. The summed E-state index contributed by atoms with van der Waals surface area (Å²) >= 11 is 0. The normalized spacial score (nSPS) is 11.3. The van der Waals surface area contributed by atoms with Gasteiger partial charge in [-0.25, -0.2) is 0 Å². The Bertz CT molecular complexity index is 565. The Kier molecular flexibility index (Phi) is 8.82. The lowest BCUT2D eigenvalue weighted by molar-refractivity contribution is -0.385. The SMILES string of the molecule is CC(C)[C@H](N)C(=O)NCC(=O)NCc1ccccc1[N+](=O)[O-].Cl. The molecule has 23 heavy (non-hydrogen) atoms. The van der Waals surface area contributed by atoms with Crippen molar-refractivity contribution in [3.63, 3.8) is 0 Å². The Hall–Kier alpha value is -2.19. The average molecular weight is 345 g/mol. The van der Waals surface area contributed by atoms with Crippen LogP contribution >= 0.6 is 12.4 Å². The first-order valence-electron chi connectivity index (χ1n) is 6.85. The largest absolute Gasteiger partial charge is 0.350 e. The molecule has 0 aliphatic heterocycles. The molecule has 1 atom stereocenters. The van der Waals surface area contributed by atoms with E-state index in [2.05, 4.69) is 10.6 Å². The van der Waals surface area contributed by atoms with E-state index in [9.17, 15) is 19.7 Å². The lowest BCUT2D eigenvalue weighted by Gasteiger charge is -2.15. The van der Waals surface area contributed by atoms with Crippen molar-refractivity contribution in [2.24, 2.45) is 11.7 Å². The van der Waals surface area contributed by atoms with Crippen LogP contribution in [-0.4, -0.2) is 29.3 Å². The van der Waals surface area contributed by atoms with Crippen LogP contribution in [0.15, 0.2) is 24.3 Å². The van der Waals surface area contributed by atoms with Crippen LogP contribution in [0, 0.1) is 16.0 Å². The number of benzene rings is 1. The molecule has 0 radical (unpaired) electrons. The molecule has 0 heterocycles. The third-order valence-corrected chi connectivity index (χ3v) is 3.11. The second-order valence-corrected chi connectivity index (χ2v) is 5.15. The van der Waals surface area contributed by atoms with Crippen molar-refractivity contribution in [2.45, 2.75) is 26.4 Å². The Balaban J connectivity index is 0.00000484. The minimum absolute atomic E-state index is 0. The zero-order valence-electron chi connectivity index (χ0n) is 12.9. The van der Waals surface area contributed by atoms with Crippen LogP contribution in [0.2, 0.25) is 0 Å². The highest BCUT2D eigenvalue weighted by Crippen LogP contribution is 2.16. The van der Waals surface area contributed by atoms with E-state index in [0.29, 0.717) is 5.56 Å². The van der Waals surface area contributed by atoms with Gasteiger partial charge in [0.25, 0.3) is 5.69 Å². The summed E-state index contributed by atoms with van der Waals surface area (Å²) in [5.74, 6) is -0.881. The van der Waals surface area contributed by atoms with E-state index < -0.39 is 22.8 Å². The molecule has 4 N–H and O–H groups in total. The van der Waals surface area contributed by atoms with Gasteiger partial charge in [0.1, 0.15) is 0 Å².